The Hall–Kier alpha value is -1.82. The van der Waals surface area contributed by atoms with Gasteiger partial charge in [-0.15, -0.1) is 0 Å². The lowest BCUT2D eigenvalue weighted by Gasteiger charge is -2.10. The molecule has 1 atom stereocenters. The van der Waals surface area contributed by atoms with Gasteiger partial charge in [0.25, 0.3) is 0 Å². The highest BCUT2D eigenvalue weighted by Gasteiger charge is 2.23. The van der Waals surface area contributed by atoms with Gasteiger partial charge in [0.2, 0.25) is 0 Å². The number of aromatic hydroxyl groups is 2. The lowest BCUT2D eigenvalue weighted by atomic mass is 10.1. The highest BCUT2D eigenvalue weighted by molar-refractivity contribution is 5.77. The van der Waals surface area contributed by atoms with Crippen molar-refractivity contribution in [3.8, 4) is 11.5 Å². The Morgan fingerprint density at radius 2 is 2.00 bits per heavy atom. The van der Waals surface area contributed by atoms with Gasteiger partial charge in [-0.1, -0.05) is 0 Å². The van der Waals surface area contributed by atoms with Crippen LogP contribution >= 0.6 is 0 Å². The van der Waals surface area contributed by atoms with Gasteiger partial charge in [0.05, 0.1) is 7.11 Å². The van der Waals surface area contributed by atoms with Crippen LogP contribution in [-0.4, -0.2) is 28.4 Å². The zero-order chi connectivity index (χ0) is 11.6. The molecule has 0 aliphatic heterocycles. The quantitative estimate of drug-likeness (QED) is 0.493. The van der Waals surface area contributed by atoms with Gasteiger partial charge < -0.3 is 20.1 Å². The van der Waals surface area contributed by atoms with E-state index in [2.05, 4.69) is 4.74 Å². The van der Waals surface area contributed by atoms with Gasteiger partial charge in [-0.3, -0.25) is 0 Å². The Morgan fingerprint density at radius 3 is 2.53 bits per heavy atom. The van der Waals surface area contributed by atoms with Crippen molar-refractivity contribution in [3.63, 3.8) is 0 Å². The summed E-state index contributed by atoms with van der Waals surface area (Å²) in [5.41, 5.74) is -0.319. The van der Waals surface area contributed by atoms with Crippen molar-refractivity contribution >= 4 is 5.97 Å². The van der Waals surface area contributed by atoms with E-state index in [4.69, 9.17) is 5.11 Å². The van der Waals surface area contributed by atoms with Gasteiger partial charge >= 0.3 is 5.97 Å². The van der Waals surface area contributed by atoms with Crippen LogP contribution in [0.3, 0.4) is 0 Å². The van der Waals surface area contributed by atoms with Crippen LogP contribution in [0.1, 0.15) is 11.7 Å². The molecule has 3 N–H and O–H groups in total. The molecule has 1 aromatic carbocycles. The maximum absolute atomic E-state index is 12.7. The summed E-state index contributed by atoms with van der Waals surface area (Å²) < 4.78 is 16.9. The molecule has 6 heteroatoms. The van der Waals surface area contributed by atoms with E-state index in [0.717, 1.165) is 13.2 Å². The fourth-order valence-corrected chi connectivity index (χ4v) is 1.03. The number of rotatable bonds is 2. The van der Waals surface area contributed by atoms with Crippen molar-refractivity contribution in [2.75, 3.05) is 7.11 Å². The number of ether oxygens (including phenoxy) is 1. The van der Waals surface area contributed by atoms with E-state index >= 15 is 0 Å². The first-order valence-electron chi connectivity index (χ1n) is 3.94. The number of halogens is 1. The molecular formula is C9H9FO5. The fourth-order valence-electron chi connectivity index (χ4n) is 1.03. The molecule has 0 radical (unpaired) electrons. The lowest BCUT2D eigenvalue weighted by molar-refractivity contribution is -0.150. The van der Waals surface area contributed by atoms with Crippen molar-refractivity contribution in [1.82, 2.24) is 0 Å². The minimum atomic E-state index is -1.76. The number of carbonyl (C=O) groups excluding carboxylic acids is 1. The van der Waals surface area contributed by atoms with Gasteiger partial charge in [-0.25, -0.2) is 9.18 Å². The van der Waals surface area contributed by atoms with Crippen molar-refractivity contribution < 1.29 is 29.2 Å². The zero-order valence-corrected chi connectivity index (χ0v) is 7.77. The molecule has 5 nitrogen and oxygen atoms in total. The summed E-state index contributed by atoms with van der Waals surface area (Å²) in [6.07, 6.45) is -1.76. The standard InChI is InChI=1S/C9H9FO5/c1-15-9(14)8(13)4-2-7(12)5(10)3-6(4)11/h2-3,8,11-13H,1H3. The molecule has 0 aliphatic rings. The number of aliphatic hydroxyl groups excluding tert-OH is 1. The third kappa shape index (κ3) is 2.16. The van der Waals surface area contributed by atoms with Crippen LogP contribution < -0.4 is 0 Å². The first-order chi connectivity index (χ1) is 6.97. The van der Waals surface area contributed by atoms with Crippen LogP contribution in [0.2, 0.25) is 0 Å². The Balaban J connectivity index is 3.14. The number of methoxy groups -OCH3 is 1. The second-order valence-electron chi connectivity index (χ2n) is 2.79. The van der Waals surface area contributed by atoms with Crippen LogP contribution in [0, 0.1) is 5.82 Å². The van der Waals surface area contributed by atoms with E-state index in [1.165, 1.54) is 0 Å². The van der Waals surface area contributed by atoms with Crippen molar-refractivity contribution in [2.45, 2.75) is 6.10 Å². The van der Waals surface area contributed by atoms with Gasteiger partial charge in [-0.05, 0) is 6.07 Å². The molecule has 0 fully saturated rings. The minimum absolute atomic E-state index is 0.319. The molecule has 0 bridgehead atoms. The molecule has 0 heterocycles. The number of aliphatic hydroxyl groups is 1. The van der Waals surface area contributed by atoms with Gasteiger partial charge in [0.1, 0.15) is 5.75 Å². The Labute approximate surface area is 84.3 Å². The largest absolute Gasteiger partial charge is 0.507 e. The number of hydrogen-bond acceptors (Lipinski definition) is 5. The summed E-state index contributed by atoms with van der Waals surface area (Å²) in [4.78, 5) is 10.9. The smallest absolute Gasteiger partial charge is 0.339 e. The first-order valence-corrected chi connectivity index (χ1v) is 3.94. The van der Waals surface area contributed by atoms with E-state index in [0.29, 0.717) is 6.07 Å². The SMILES string of the molecule is COC(=O)C(O)c1cc(O)c(F)cc1O. The topological polar surface area (TPSA) is 87.0 Å². The third-order valence-corrected chi connectivity index (χ3v) is 1.82. The molecule has 0 aliphatic carbocycles. The fraction of sp³-hybridized carbons (Fsp3) is 0.222. The number of esters is 1. The van der Waals surface area contributed by atoms with Gasteiger partial charge in [0, 0.05) is 11.6 Å². The number of phenolic OH excluding ortho intramolecular Hbond substituents is 2. The second-order valence-corrected chi connectivity index (χ2v) is 2.79. The molecule has 0 amide bonds. The highest BCUT2D eigenvalue weighted by Crippen LogP contribution is 2.30. The molecule has 1 aromatic rings. The van der Waals surface area contributed by atoms with Gasteiger partial charge in [0.15, 0.2) is 17.7 Å². The first kappa shape index (κ1) is 11.3. The van der Waals surface area contributed by atoms with Crippen LogP contribution in [0.25, 0.3) is 0 Å². The predicted molar refractivity (Wildman–Crippen MR) is 46.7 cm³/mol. The Kier molecular flexibility index (Phi) is 3.11. The van der Waals surface area contributed by atoms with Crippen molar-refractivity contribution in [2.24, 2.45) is 0 Å². The van der Waals surface area contributed by atoms with Gasteiger partial charge in [-0.2, -0.15) is 0 Å². The summed E-state index contributed by atoms with van der Waals surface area (Å²) >= 11 is 0. The van der Waals surface area contributed by atoms with Crippen LogP contribution in [0.15, 0.2) is 12.1 Å². The van der Waals surface area contributed by atoms with E-state index in [1.807, 2.05) is 0 Å². The average molecular weight is 216 g/mol. The average Bonchev–Trinajstić information content (AvgIpc) is 2.21. The second kappa shape index (κ2) is 4.14. The van der Waals surface area contributed by atoms with Crippen molar-refractivity contribution in [3.05, 3.63) is 23.5 Å². The zero-order valence-electron chi connectivity index (χ0n) is 7.77. The predicted octanol–water partition coefficient (Wildman–Crippen LogP) is 0.443. The van der Waals surface area contributed by atoms with Crippen LogP contribution in [0.5, 0.6) is 11.5 Å². The van der Waals surface area contributed by atoms with Crippen molar-refractivity contribution in [1.29, 1.82) is 0 Å². The number of carbonyl (C=O) groups is 1. The summed E-state index contributed by atoms with van der Waals surface area (Å²) in [6, 6.07) is 1.35. The third-order valence-electron chi connectivity index (χ3n) is 1.82. The number of phenols is 2. The maximum atomic E-state index is 12.7. The van der Waals surface area contributed by atoms with Crippen LogP contribution in [-0.2, 0) is 9.53 Å². The molecule has 0 saturated carbocycles. The summed E-state index contributed by atoms with van der Waals surface area (Å²) in [6.45, 7) is 0. The van der Waals surface area contributed by atoms with E-state index < -0.39 is 29.4 Å². The number of benzene rings is 1. The van der Waals surface area contributed by atoms with E-state index in [-0.39, 0.29) is 5.56 Å². The molecule has 0 aromatic heterocycles. The number of hydrogen-bond donors (Lipinski definition) is 3. The molecule has 0 spiro atoms. The minimum Gasteiger partial charge on any atom is -0.507 e. The molecule has 1 unspecified atom stereocenters. The monoisotopic (exact) mass is 216 g/mol. The summed E-state index contributed by atoms with van der Waals surface area (Å²) in [5.74, 6) is -3.47. The summed E-state index contributed by atoms with van der Waals surface area (Å²) in [5, 5.41) is 27.5. The van der Waals surface area contributed by atoms with E-state index in [9.17, 15) is 19.4 Å². The molecule has 15 heavy (non-hydrogen) atoms. The highest BCUT2D eigenvalue weighted by atomic mass is 19.1. The summed E-state index contributed by atoms with van der Waals surface area (Å²) in [7, 11) is 1.05. The molecule has 0 saturated heterocycles. The Bertz CT molecular complexity index is 390. The molecule has 82 valence electrons. The van der Waals surface area contributed by atoms with Crippen LogP contribution in [0.4, 0.5) is 4.39 Å². The maximum Gasteiger partial charge on any atom is 0.339 e. The molecule has 1 rings (SSSR count). The Morgan fingerprint density at radius 1 is 1.40 bits per heavy atom. The lowest BCUT2D eigenvalue weighted by Crippen LogP contribution is -2.13. The molecular weight excluding hydrogens is 207 g/mol. The normalized spacial score (nSPS) is 12.2. The van der Waals surface area contributed by atoms with E-state index in [1.54, 1.807) is 0 Å².